The molecule has 7 heteroatoms. The zero-order valence-corrected chi connectivity index (χ0v) is 15.0. The first-order valence-electron chi connectivity index (χ1n) is 7.69. The molecular formula is C19H18ClF2NO3. The van der Waals surface area contributed by atoms with E-state index in [-0.39, 0.29) is 24.0 Å². The number of rotatable bonds is 7. The van der Waals surface area contributed by atoms with Crippen molar-refractivity contribution in [3.63, 3.8) is 0 Å². The number of halogens is 3. The maximum Gasteiger partial charge on any atom is 0.387 e. The van der Waals surface area contributed by atoms with Crippen LogP contribution in [0.3, 0.4) is 0 Å². The van der Waals surface area contributed by atoms with Crippen LogP contribution in [0.2, 0.25) is 5.02 Å². The largest absolute Gasteiger partial charge is 0.493 e. The molecule has 2 rings (SSSR count). The number of methoxy groups -OCH3 is 1. The van der Waals surface area contributed by atoms with Gasteiger partial charge in [0.1, 0.15) is 0 Å². The van der Waals surface area contributed by atoms with Crippen molar-refractivity contribution in [2.24, 2.45) is 0 Å². The molecule has 0 radical (unpaired) electrons. The molecule has 0 N–H and O–H groups in total. The minimum atomic E-state index is -2.96. The molecule has 1 amide bonds. The summed E-state index contributed by atoms with van der Waals surface area (Å²) in [7, 11) is 2.98. The Morgan fingerprint density at radius 3 is 2.50 bits per heavy atom. The van der Waals surface area contributed by atoms with Crippen LogP contribution in [0, 0.1) is 0 Å². The van der Waals surface area contributed by atoms with Gasteiger partial charge in [-0.2, -0.15) is 8.78 Å². The highest BCUT2D eigenvalue weighted by molar-refractivity contribution is 6.30. The van der Waals surface area contributed by atoms with Crippen molar-refractivity contribution in [1.82, 2.24) is 4.90 Å². The SMILES string of the molecule is COc1ccc(CN(C)C(=O)/C=C/c2ccc(Cl)cc2)cc1OC(F)F. The summed E-state index contributed by atoms with van der Waals surface area (Å²) in [5.74, 6) is -0.102. The fourth-order valence-corrected chi connectivity index (χ4v) is 2.35. The summed E-state index contributed by atoms with van der Waals surface area (Å²) >= 11 is 5.82. The average molecular weight is 382 g/mol. The molecule has 2 aromatic rings. The third kappa shape index (κ3) is 5.74. The van der Waals surface area contributed by atoms with Gasteiger partial charge in [-0.05, 0) is 41.5 Å². The lowest BCUT2D eigenvalue weighted by Crippen LogP contribution is -2.24. The van der Waals surface area contributed by atoms with Gasteiger partial charge in [0.05, 0.1) is 7.11 Å². The van der Waals surface area contributed by atoms with Gasteiger partial charge < -0.3 is 14.4 Å². The Labute approximate surface area is 155 Å². The van der Waals surface area contributed by atoms with Crippen molar-refractivity contribution in [2.75, 3.05) is 14.2 Å². The predicted molar refractivity (Wildman–Crippen MR) is 96.6 cm³/mol. The normalized spacial score (nSPS) is 11.0. The molecular weight excluding hydrogens is 364 g/mol. The lowest BCUT2D eigenvalue weighted by Gasteiger charge is -2.17. The molecule has 0 atom stereocenters. The fourth-order valence-electron chi connectivity index (χ4n) is 2.23. The molecule has 2 aromatic carbocycles. The predicted octanol–water partition coefficient (Wildman–Crippen LogP) is 4.62. The maximum absolute atomic E-state index is 12.5. The van der Waals surface area contributed by atoms with Crippen molar-refractivity contribution >= 4 is 23.6 Å². The number of ether oxygens (including phenoxy) is 2. The third-order valence-corrected chi connectivity index (χ3v) is 3.78. The van der Waals surface area contributed by atoms with Gasteiger partial charge in [-0.15, -0.1) is 0 Å². The van der Waals surface area contributed by atoms with Gasteiger partial charge in [-0.3, -0.25) is 4.79 Å². The van der Waals surface area contributed by atoms with Crippen molar-refractivity contribution < 1.29 is 23.0 Å². The van der Waals surface area contributed by atoms with Crippen molar-refractivity contribution in [1.29, 1.82) is 0 Å². The molecule has 0 aliphatic carbocycles. The molecule has 0 aliphatic rings. The number of alkyl halides is 2. The van der Waals surface area contributed by atoms with E-state index in [0.717, 1.165) is 5.56 Å². The van der Waals surface area contributed by atoms with E-state index in [9.17, 15) is 13.6 Å². The average Bonchev–Trinajstić information content (AvgIpc) is 2.60. The van der Waals surface area contributed by atoms with Crippen LogP contribution < -0.4 is 9.47 Å². The minimum absolute atomic E-state index is 0.0717. The van der Waals surface area contributed by atoms with Gasteiger partial charge in [-0.1, -0.05) is 29.8 Å². The van der Waals surface area contributed by atoms with E-state index in [1.165, 1.54) is 30.2 Å². The molecule has 26 heavy (non-hydrogen) atoms. The summed E-state index contributed by atoms with van der Waals surface area (Å²) in [5.41, 5.74) is 1.48. The molecule has 0 fully saturated rings. The topological polar surface area (TPSA) is 38.8 Å². The summed E-state index contributed by atoms with van der Waals surface area (Å²) in [4.78, 5) is 13.7. The van der Waals surface area contributed by atoms with Crippen LogP contribution in [0.25, 0.3) is 6.08 Å². The lowest BCUT2D eigenvalue weighted by atomic mass is 10.2. The van der Waals surface area contributed by atoms with Crippen LogP contribution in [0.15, 0.2) is 48.5 Å². The van der Waals surface area contributed by atoms with E-state index in [2.05, 4.69) is 4.74 Å². The smallest absolute Gasteiger partial charge is 0.387 e. The van der Waals surface area contributed by atoms with E-state index in [0.29, 0.717) is 10.6 Å². The Balaban J connectivity index is 2.04. The summed E-state index contributed by atoms with van der Waals surface area (Å²) in [6, 6.07) is 11.7. The van der Waals surface area contributed by atoms with E-state index in [1.54, 1.807) is 43.5 Å². The van der Waals surface area contributed by atoms with Crippen LogP contribution >= 0.6 is 11.6 Å². The highest BCUT2D eigenvalue weighted by atomic mass is 35.5. The van der Waals surface area contributed by atoms with Crippen LogP contribution in [0.5, 0.6) is 11.5 Å². The first-order chi connectivity index (χ1) is 12.4. The van der Waals surface area contributed by atoms with Gasteiger partial charge in [0.15, 0.2) is 11.5 Å². The standard InChI is InChI=1S/C19H18ClF2NO3/c1-23(18(24)10-6-13-3-7-15(20)8-4-13)12-14-5-9-16(25-2)17(11-14)26-19(21)22/h3-11,19H,12H2,1-2H3/b10-6+. The second kappa shape index (κ2) is 9.20. The summed E-state index contributed by atoms with van der Waals surface area (Å²) in [6.45, 7) is -2.73. The molecule has 0 saturated carbocycles. The first kappa shape index (κ1) is 19.7. The summed E-state index contributed by atoms with van der Waals surface area (Å²) < 4.78 is 34.4. The monoisotopic (exact) mass is 381 g/mol. The molecule has 0 unspecified atom stereocenters. The Bertz CT molecular complexity index is 779. The number of amides is 1. The number of hydrogen-bond acceptors (Lipinski definition) is 3. The zero-order chi connectivity index (χ0) is 19.1. The second-order valence-corrected chi connectivity index (χ2v) is 5.88. The molecule has 138 valence electrons. The Hall–Kier alpha value is -2.60. The van der Waals surface area contributed by atoms with Gasteiger partial charge in [0.25, 0.3) is 0 Å². The van der Waals surface area contributed by atoms with Crippen LogP contribution in [-0.4, -0.2) is 31.6 Å². The molecule has 0 bridgehead atoms. The zero-order valence-electron chi connectivity index (χ0n) is 14.3. The quantitative estimate of drug-likeness (QED) is 0.657. The number of carbonyl (C=O) groups is 1. The van der Waals surface area contributed by atoms with E-state index >= 15 is 0 Å². The number of carbonyl (C=O) groups excluding carboxylic acids is 1. The van der Waals surface area contributed by atoms with Crippen molar-refractivity contribution in [2.45, 2.75) is 13.2 Å². The highest BCUT2D eigenvalue weighted by Crippen LogP contribution is 2.29. The number of hydrogen-bond donors (Lipinski definition) is 0. The van der Waals surface area contributed by atoms with Gasteiger partial charge >= 0.3 is 6.61 Å². The van der Waals surface area contributed by atoms with Gasteiger partial charge in [-0.25, -0.2) is 0 Å². The van der Waals surface area contributed by atoms with Gasteiger partial charge in [0.2, 0.25) is 5.91 Å². The Morgan fingerprint density at radius 1 is 1.19 bits per heavy atom. The maximum atomic E-state index is 12.5. The molecule has 4 nitrogen and oxygen atoms in total. The minimum Gasteiger partial charge on any atom is -0.493 e. The van der Waals surface area contributed by atoms with E-state index in [1.807, 2.05) is 0 Å². The van der Waals surface area contributed by atoms with Crippen LogP contribution in [0.1, 0.15) is 11.1 Å². The molecule has 0 spiro atoms. The number of nitrogens with zero attached hydrogens (tertiary/aromatic N) is 1. The van der Waals surface area contributed by atoms with Crippen LogP contribution in [0.4, 0.5) is 8.78 Å². The summed E-state index contributed by atoms with van der Waals surface area (Å²) in [5, 5.41) is 0.618. The second-order valence-electron chi connectivity index (χ2n) is 5.44. The number of likely N-dealkylation sites (N-methyl/N-ethyl adjacent to an activating group) is 1. The van der Waals surface area contributed by atoms with Crippen molar-refractivity contribution in [3.05, 3.63) is 64.7 Å². The molecule has 0 saturated heterocycles. The lowest BCUT2D eigenvalue weighted by molar-refractivity contribution is -0.125. The van der Waals surface area contributed by atoms with E-state index < -0.39 is 6.61 Å². The molecule has 0 heterocycles. The fraction of sp³-hybridized carbons (Fsp3) is 0.211. The molecule has 0 aromatic heterocycles. The first-order valence-corrected chi connectivity index (χ1v) is 8.07. The van der Waals surface area contributed by atoms with Crippen molar-refractivity contribution in [3.8, 4) is 11.5 Å². The highest BCUT2D eigenvalue weighted by Gasteiger charge is 2.13. The molecule has 0 aliphatic heterocycles. The Morgan fingerprint density at radius 2 is 1.88 bits per heavy atom. The van der Waals surface area contributed by atoms with E-state index in [4.69, 9.17) is 16.3 Å². The van der Waals surface area contributed by atoms with Gasteiger partial charge in [0, 0.05) is 24.7 Å². The summed E-state index contributed by atoms with van der Waals surface area (Å²) in [6.07, 6.45) is 3.11. The Kier molecular flexibility index (Phi) is 6.97. The number of benzene rings is 2. The third-order valence-electron chi connectivity index (χ3n) is 3.53. The van der Waals surface area contributed by atoms with Crippen LogP contribution in [-0.2, 0) is 11.3 Å².